The van der Waals surface area contributed by atoms with E-state index in [1.807, 2.05) is 13.2 Å². The second-order valence-electron chi connectivity index (χ2n) is 33.8. The Balaban J connectivity index is 0.000000346. The summed E-state index contributed by atoms with van der Waals surface area (Å²) in [6.45, 7) is 35.3. The van der Waals surface area contributed by atoms with Crippen LogP contribution < -0.4 is 16.0 Å². The van der Waals surface area contributed by atoms with Crippen LogP contribution >= 0.6 is 23.5 Å². The topological polar surface area (TPSA) is 424 Å². The first-order valence-corrected chi connectivity index (χ1v) is 48.7. The summed E-state index contributed by atoms with van der Waals surface area (Å²) in [5.41, 5.74) is -1.52. The van der Waals surface area contributed by atoms with Gasteiger partial charge in [-0.05, 0) is 64.6 Å². The number of carbonyl (C=O) groups is 6. The van der Waals surface area contributed by atoms with E-state index < -0.39 is 41.3 Å². The second-order valence-corrected chi connectivity index (χ2v) is 35.8. The summed E-state index contributed by atoms with van der Waals surface area (Å²) in [5, 5.41) is 64.8. The molecule has 42 heteroatoms. The van der Waals surface area contributed by atoms with E-state index in [2.05, 4.69) is 56.5 Å². The molecule has 126 heavy (non-hydrogen) atoms. The molecule has 9 rings (SSSR count). The molecule has 9 saturated heterocycles. The predicted octanol–water partition coefficient (Wildman–Crippen LogP) is -1.80. The summed E-state index contributed by atoms with van der Waals surface area (Å²) in [7, 11) is 0. The first-order chi connectivity index (χ1) is 61.1. The quantitative estimate of drug-likeness (QED) is 0.0189. The van der Waals surface area contributed by atoms with Gasteiger partial charge in [0.05, 0.1) is 193 Å². The molecule has 0 spiro atoms. The maximum absolute atomic E-state index is 12.2. The number of rotatable bonds is 60. The average Bonchev–Trinajstić information content (AvgIpc) is 1.52. The number of carbonyl (C=O) groups excluding carboxylic acids is 6. The number of ether oxygens (including phenoxy) is 15. The van der Waals surface area contributed by atoms with Gasteiger partial charge in [-0.3, -0.25) is 43.9 Å². The highest BCUT2D eigenvalue weighted by Crippen LogP contribution is 2.26. The molecule has 9 aliphatic rings. The Morgan fingerprint density at radius 3 is 0.825 bits per heavy atom. The molecule has 6 amide bonds. The SMILES string of the molecule is CCOC(=O)N1CCN(CC(O)COCC(COCC(O)CN2CCN(CCNC(=O)CCCSC)CC2)(COCC(O)CN2CCN(C(=O)OCC)CC2)COCC(O)CN2CCN(C(=O)OCC)CC2)CC1.CCOC(=O)N1CCNCC1.CSCCCC(=O)NCCN1CCN(CC(O)COCC(COCC2CO2)(COCC2CO2)COCC2CO2)CC1. The standard InChI is InChI=1S/C49H93N9O15S.C28H51N3O9S.C7H14N2O2/c1-5-71-46(64)56-22-16-53(17-23-56)30-42(60)34-68-38-49(39-69-35-43(61)31-54-18-24-57(25-19-54)47(65)72-6-2,40-70-36-44(62)32-55-20-26-58(27-21-55)48(66)73-7-3)37-67-33-41(59)29-52-14-12-51(13-15-52)11-10-50-45(63)9-8-28-74-4;1-41-10-2-3-27(33)29-4-5-30-6-8-31(9-7-30)11-23(32)12-34-19-28(20-35-13-24-16-38-24,21-36-14-25-17-39-25)22-37-15-26-18-40-26;1-2-11-7(10)9-5-3-8-4-6-9/h41-44,59-62H,5-40H2,1-4H3,(H,50,63);23-26,32H,2-22H2,1H3,(H,29,33);8H,2-6H2,1H3. The minimum atomic E-state index is -1.02. The van der Waals surface area contributed by atoms with E-state index >= 15 is 0 Å². The maximum Gasteiger partial charge on any atom is 0.409 e. The third-order valence-electron chi connectivity index (χ3n) is 22.6. The van der Waals surface area contributed by atoms with Gasteiger partial charge < -0.3 is 132 Å². The van der Waals surface area contributed by atoms with Gasteiger partial charge in [0.25, 0.3) is 0 Å². The zero-order valence-electron chi connectivity index (χ0n) is 76.5. The van der Waals surface area contributed by atoms with Gasteiger partial charge in [-0.2, -0.15) is 23.5 Å². The lowest BCUT2D eigenvalue weighted by Crippen LogP contribution is -2.51. The third-order valence-corrected chi connectivity index (χ3v) is 23.9. The van der Waals surface area contributed by atoms with Crippen molar-refractivity contribution in [1.82, 2.24) is 69.8 Å². The fourth-order valence-corrected chi connectivity index (χ4v) is 16.0. The number of amides is 6. The number of piperazine rings is 6. The molecule has 40 nitrogen and oxygen atoms in total. The average molecular weight is 1840 g/mol. The van der Waals surface area contributed by atoms with Crippen LogP contribution in [0, 0.1) is 10.8 Å². The van der Waals surface area contributed by atoms with E-state index in [1.54, 1.807) is 63.9 Å². The Morgan fingerprint density at radius 1 is 0.357 bits per heavy atom. The van der Waals surface area contributed by atoms with E-state index in [0.717, 1.165) is 136 Å². The normalized spacial score (nSPS) is 22.2. The number of β-amino-alcohol motifs (C(OH)–C–C–N with tert-alkyl or cyclic N) is 5. The molecule has 0 aliphatic carbocycles. The number of aliphatic hydroxyl groups is 5. The minimum Gasteiger partial charge on any atom is -0.450 e. The van der Waals surface area contributed by atoms with Crippen LogP contribution in [0.3, 0.4) is 0 Å². The maximum atomic E-state index is 12.2. The molecule has 8 N–H and O–H groups in total. The van der Waals surface area contributed by atoms with Crippen molar-refractivity contribution >= 4 is 59.7 Å². The molecule has 8 atom stereocenters. The summed E-state index contributed by atoms with van der Waals surface area (Å²) in [6.07, 6.45) is 2.32. The van der Waals surface area contributed by atoms with Gasteiger partial charge >= 0.3 is 24.4 Å². The number of aliphatic hydroxyl groups excluding tert-OH is 5. The Morgan fingerprint density at radius 2 is 0.587 bits per heavy atom. The number of thioether (sulfide) groups is 2. The minimum absolute atomic E-state index is 0.00569. The van der Waals surface area contributed by atoms with Crippen molar-refractivity contribution in [2.75, 3.05) is 392 Å². The molecule has 9 heterocycles. The number of hydrogen-bond acceptors (Lipinski definition) is 36. The van der Waals surface area contributed by atoms with Crippen LogP contribution in [0.25, 0.3) is 0 Å². The first kappa shape index (κ1) is 109. The molecule has 9 fully saturated rings. The van der Waals surface area contributed by atoms with Gasteiger partial charge in [0.2, 0.25) is 11.8 Å². The van der Waals surface area contributed by atoms with E-state index in [-0.39, 0.29) is 114 Å². The van der Waals surface area contributed by atoms with Crippen LogP contribution in [0.4, 0.5) is 19.2 Å². The largest absolute Gasteiger partial charge is 0.450 e. The van der Waals surface area contributed by atoms with Gasteiger partial charge in [0.15, 0.2) is 0 Å². The van der Waals surface area contributed by atoms with Crippen molar-refractivity contribution in [3.63, 3.8) is 0 Å². The third kappa shape index (κ3) is 47.4. The highest BCUT2D eigenvalue weighted by Gasteiger charge is 2.39. The Bertz CT molecular complexity index is 2730. The van der Waals surface area contributed by atoms with Gasteiger partial charge in [-0.1, -0.05) is 0 Å². The number of nitrogens with zero attached hydrogens (tertiary/aromatic N) is 11. The summed E-state index contributed by atoms with van der Waals surface area (Å²) >= 11 is 3.51. The van der Waals surface area contributed by atoms with Gasteiger partial charge in [-0.25, -0.2) is 19.2 Å². The molecule has 0 aromatic rings. The second kappa shape index (κ2) is 63.8. The van der Waals surface area contributed by atoms with Crippen molar-refractivity contribution in [1.29, 1.82) is 0 Å². The molecule has 0 saturated carbocycles. The van der Waals surface area contributed by atoms with Crippen LogP contribution in [0.15, 0.2) is 0 Å². The summed E-state index contributed by atoms with van der Waals surface area (Å²) < 4.78 is 85.4. The van der Waals surface area contributed by atoms with Crippen molar-refractivity contribution in [2.24, 2.45) is 10.8 Å². The van der Waals surface area contributed by atoms with Crippen LogP contribution in [0.1, 0.15) is 53.4 Å². The van der Waals surface area contributed by atoms with Crippen LogP contribution in [0.2, 0.25) is 0 Å². The lowest BCUT2D eigenvalue weighted by atomic mass is 9.92. The monoisotopic (exact) mass is 1840 g/mol. The number of hydrogen-bond donors (Lipinski definition) is 8. The number of epoxide rings is 3. The van der Waals surface area contributed by atoms with Crippen LogP contribution in [0.5, 0.6) is 0 Å². The first-order valence-electron chi connectivity index (χ1n) is 45.9. The van der Waals surface area contributed by atoms with Crippen molar-refractivity contribution < 1.29 is 125 Å². The van der Waals surface area contributed by atoms with Crippen molar-refractivity contribution in [3.8, 4) is 0 Å². The summed E-state index contributed by atoms with van der Waals surface area (Å²) in [4.78, 5) is 93.9. The van der Waals surface area contributed by atoms with Crippen molar-refractivity contribution in [2.45, 2.75) is 102 Å². The molecular weight excluding hydrogens is 1690 g/mol. The van der Waals surface area contributed by atoms with E-state index in [9.17, 15) is 54.3 Å². The fraction of sp³-hybridized carbons (Fsp3) is 0.929. The Kier molecular flexibility index (Phi) is 55.1. The summed E-state index contributed by atoms with van der Waals surface area (Å²) in [6, 6.07) is 0. The van der Waals surface area contributed by atoms with Gasteiger partial charge in [-0.15, -0.1) is 0 Å². The molecule has 732 valence electrons. The molecule has 9 aliphatic heterocycles. The highest BCUT2D eigenvalue weighted by molar-refractivity contribution is 7.98. The van der Waals surface area contributed by atoms with E-state index in [1.165, 1.54) is 0 Å². The van der Waals surface area contributed by atoms with Crippen LogP contribution in [-0.2, 0) is 80.6 Å². The zero-order chi connectivity index (χ0) is 90.4. The smallest absolute Gasteiger partial charge is 0.409 e. The van der Waals surface area contributed by atoms with Crippen LogP contribution in [-0.4, -0.2) is 556 Å². The highest BCUT2D eigenvalue weighted by atomic mass is 32.2. The lowest BCUT2D eigenvalue weighted by Gasteiger charge is -2.37. The predicted molar refractivity (Wildman–Crippen MR) is 474 cm³/mol. The van der Waals surface area contributed by atoms with Crippen molar-refractivity contribution in [3.05, 3.63) is 0 Å². The molecule has 0 aromatic heterocycles. The molecule has 0 bridgehead atoms. The molecular formula is C84H158N14O26S2. The van der Waals surface area contributed by atoms with E-state index in [4.69, 9.17) is 71.1 Å². The van der Waals surface area contributed by atoms with Gasteiger partial charge in [0, 0.05) is 229 Å². The molecule has 0 radical (unpaired) electrons. The van der Waals surface area contributed by atoms with Gasteiger partial charge in [0.1, 0.15) is 18.3 Å². The fourth-order valence-electron chi connectivity index (χ4n) is 15.1. The summed E-state index contributed by atoms with van der Waals surface area (Å²) in [5.74, 6) is 2.21. The zero-order valence-corrected chi connectivity index (χ0v) is 78.1. The molecule has 0 aromatic carbocycles. The molecule has 8 unspecified atom stereocenters. The van der Waals surface area contributed by atoms with E-state index in [0.29, 0.717) is 210 Å². The lowest BCUT2D eigenvalue weighted by molar-refractivity contribution is -0.135. The number of nitrogens with one attached hydrogen (secondary N) is 3. The Hall–Kier alpha value is -4.24. The Labute approximate surface area is 756 Å².